The van der Waals surface area contributed by atoms with Gasteiger partial charge in [-0.2, -0.15) is 0 Å². The minimum Gasteiger partial charge on any atom is -0.304 e. The molecular formula is C7H17IN2. The number of nitrogens with zero attached hydrogens (tertiary/aromatic N) is 2. The molecule has 3 heteroatoms. The van der Waals surface area contributed by atoms with Crippen LogP contribution in [-0.4, -0.2) is 49.6 Å². The summed E-state index contributed by atoms with van der Waals surface area (Å²) in [6.07, 6.45) is 0. The Kier molecular flexibility index (Phi) is 5.67. The van der Waals surface area contributed by atoms with Crippen LogP contribution in [0.3, 0.4) is 0 Å². The molecule has 0 aromatic rings. The third-order valence-electron chi connectivity index (χ3n) is 2.04. The van der Waals surface area contributed by atoms with E-state index in [0.29, 0.717) is 0 Å². The highest BCUT2D eigenvalue weighted by Crippen LogP contribution is 1.96. The lowest BCUT2D eigenvalue weighted by Crippen LogP contribution is -2.44. The lowest BCUT2D eigenvalue weighted by atomic mass is 10.3. The van der Waals surface area contributed by atoms with Gasteiger partial charge in [0.25, 0.3) is 0 Å². The fraction of sp³-hybridized carbons (Fsp3) is 1.00. The van der Waals surface area contributed by atoms with E-state index in [4.69, 9.17) is 0 Å². The molecule has 0 bridgehead atoms. The Morgan fingerprint density at radius 1 is 1.10 bits per heavy atom. The van der Waals surface area contributed by atoms with Crippen molar-refractivity contribution in [1.29, 1.82) is 0 Å². The number of rotatable bonds is 1. The van der Waals surface area contributed by atoms with Crippen molar-refractivity contribution in [1.82, 2.24) is 9.80 Å². The first kappa shape index (κ1) is 10.7. The van der Waals surface area contributed by atoms with E-state index in [1.165, 1.54) is 32.7 Å². The largest absolute Gasteiger partial charge is 0.304 e. The van der Waals surface area contributed by atoms with Crippen LogP contribution in [-0.2, 0) is 0 Å². The zero-order valence-electron chi connectivity index (χ0n) is 6.84. The van der Waals surface area contributed by atoms with Gasteiger partial charge in [-0.1, -0.05) is 6.92 Å². The maximum absolute atomic E-state index is 2.49. The Bertz CT molecular complexity index is 79.7. The van der Waals surface area contributed by atoms with Gasteiger partial charge in [-0.3, -0.25) is 0 Å². The van der Waals surface area contributed by atoms with Gasteiger partial charge in [0.1, 0.15) is 0 Å². The lowest BCUT2D eigenvalue weighted by molar-refractivity contribution is 0.160. The summed E-state index contributed by atoms with van der Waals surface area (Å²) < 4.78 is 0. The molecule has 1 heterocycles. The summed E-state index contributed by atoms with van der Waals surface area (Å²) in [6.45, 7) is 8.45. The second-order valence-electron chi connectivity index (χ2n) is 2.74. The second kappa shape index (κ2) is 5.32. The van der Waals surface area contributed by atoms with Crippen LogP contribution in [0.1, 0.15) is 6.92 Å². The van der Waals surface area contributed by atoms with Gasteiger partial charge in [-0.05, 0) is 13.6 Å². The molecule has 0 atom stereocenters. The maximum atomic E-state index is 2.49. The van der Waals surface area contributed by atoms with Crippen molar-refractivity contribution in [3.8, 4) is 0 Å². The minimum absolute atomic E-state index is 0. The first-order valence-electron chi connectivity index (χ1n) is 3.74. The fourth-order valence-corrected chi connectivity index (χ4v) is 1.16. The molecule has 2 nitrogen and oxygen atoms in total. The van der Waals surface area contributed by atoms with Crippen LogP contribution in [0.5, 0.6) is 0 Å². The topological polar surface area (TPSA) is 6.48 Å². The molecule has 1 aliphatic heterocycles. The van der Waals surface area contributed by atoms with Gasteiger partial charge >= 0.3 is 0 Å². The SMILES string of the molecule is CCN1CCN(C)CC1.I. The molecule has 0 aliphatic carbocycles. The summed E-state index contributed by atoms with van der Waals surface area (Å²) in [5, 5.41) is 0. The number of piperazine rings is 1. The van der Waals surface area contributed by atoms with Gasteiger partial charge in [0.15, 0.2) is 0 Å². The molecule has 0 spiro atoms. The van der Waals surface area contributed by atoms with Crippen molar-refractivity contribution in [3.05, 3.63) is 0 Å². The van der Waals surface area contributed by atoms with Crippen LogP contribution in [0.2, 0.25) is 0 Å². The molecule has 1 saturated heterocycles. The third kappa shape index (κ3) is 3.16. The Morgan fingerprint density at radius 2 is 1.60 bits per heavy atom. The predicted octanol–water partition coefficient (Wildman–Crippen LogP) is 0.872. The summed E-state index contributed by atoms with van der Waals surface area (Å²) >= 11 is 0. The quantitative estimate of drug-likeness (QED) is 0.642. The molecule has 0 unspecified atom stereocenters. The van der Waals surface area contributed by atoms with E-state index in [2.05, 4.69) is 23.8 Å². The summed E-state index contributed by atoms with van der Waals surface area (Å²) in [5.74, 6) is 0. The number of halogens is 1. The number of hydrogen-bond acceptors (Lipinski definition) is 2. The smallest absolute Gasteiger partial charge is 0.0110 e. The molecule has 0 amide bonds. The van der Waals surface area contributed by atoms with Crippen molar-refractivity contribution in [3.63, 3.8) is 0 Å². The van der Waals surface area contributed by atoms with Crippen LogP contribution < -0.4 is 0 Å². The second-order valence-corrected chi connectivity index (χ2v) is 2.74. The average molecular weight is 256 g/mol. The highest BCUT2D eigenvalue weighted by atomic mass is 127. The zero-order valence-corrected chi connectivity index (χ0v) is 9.17. The van der Waals surface area contributed by atoms with Crippen LogP contribution in [0.4, 0.5) is 0 Å². The Morgan fingerprint density at radius 3 is 2.00 bits per heavy atom. The van der Waals surface area contributed by atoms with Gasteiger partial charge in [-0.25, -0.2) is 0 Å². The summed E-state index contributed by atoms with van der Waals surface area (Å²) in [6, 6.07) is 0. The predicted molar refractivity (Wildman–Crippen MR) is 55.0 cm³/mol. The van der Waals surface area contributed by atoms with Crippen molar-refractivity contribution in [2.45, 2.75) is 6.92 Å². The van der Waals surface area contributed by atoms with E-state index in [1.54, 1.807) is 0 Å². The normalized spacial score (nSPS) is 22.2. The van der Waals surface area contributed by atoms with Crippen molar-refractivity contribution in [2.24, 2.45) is 0 Å². The summed E-state index contributed by atoms with van der Waals surface area (Å²) in [5.41, 5.74) is 0. The third-order valence-corrected chi connectivity index (χ3v) is 2.04. The van der Waals surface area contributed by atoms with Gasteiger partial charge < -0.3 is 9.80 Å². The minimum atomic E-state index is 0. The van der Waals surface area contributed by atoms with E-state index in [0.717, 1.165) is 0 Å². The maximum Gasteiger partial charge on any atom is 0.0110 e. The molecule has 10 heavy (non-hydrogen) atoms. The number of hydrogen-bond donors (Lipinski definition) is 0. The molecular weight excluding hydrogens is 239 g/mol. The molecule has 0 N–H and O–H groups in total. The Hall–Kier alpha value is 0.650. The lowest BCUT2D eigenvalue weighted by Gasteiger charge is -2.31. The first-order valence-corrected chi connectivity index (χ1v) is 3.74. The molecule has 62 valence electrons. The van der Waals surface area contributed by atoms with E-state index in [1.807, 2.05) is 0 Å². The molecule has 1 aliphatic rings. The molecule has 0 aromatic heterocycles. The number of likely N-dealkylation sites (N-methyl/N-ethyl adjacent to an activating group) is 2. The monoisotopic (exact) mass is 256 g/mol. The van der Waals surface area contributed by atoms with Gasteiger partial charge in [0.2, 0.25) is 0 Å². The van der Waals surface area contributed by atoms with Crippen LogP contribution in [0.15, 0.2) is 0 Å². The first-order chi connectivity index (χ1) is 4.33. The van der Waals surface area contributed by atoms with Gasteiger partial charge in [0.05, 0.1) is 0 Å². The van der Waals surface area contributed by atoms with Gasteiger partial charge in [0, 0.05) is 26.2 Å². The summed E-state index contributed by atoms with van der Waals surface area (Å²) in [7, 11) is 2.19. The molecule has 1 rings (SSSR count). The van der Waals surface area contributed by atoms with Crippen molar-refractivity contribution < 1.29 is 0 Å². The van der Waals surface area contributed by atoms with Crippen molar-refractivity contribution >= 4 is 24.0 Å². The van der Waals surface area contributed by atoms with Crippen molar-refractivity contribution in [2.75, 3.05) is 39.8 Å². The Balaban J connectivity index is 0.000000810. The standard InChI is InChI=1S/C7H16N2.HI/c1-3-9-6-4-8(2)5-7-9;/h3-7H2,1-2H3;1H. The van der Waals surface area contributed by atoms with E-state index < -0.39 is 0 Å². The summed E-state index contributed by atoms with van der Waals surface area (Å²) in [4.78, 5) is 4.87. The van der Waals surface area contributed by atoms with Crippen LogP contribution in [0.25, 0.3) is 0 Å². The molecule has 0 aromatic carbocycles. The van der Waals surface area contributed by atoms with Gasteiger partial charge in [-0.15, -0.1) is 24.0 Å². The average Bonchev–Trinajstić information content (AvgIpc) is 1.90. The Labute approximate surface area is 80.6 Å². The van der Waals surface area contributed by atoms with E-state index >= 15 is 0 Å². The van der Waals surface area contributed by atoms with Crippen LogP contribution >= 0.6 is 24.0 Å². The fourth-order valence-electron chi connectivity index (χ4n) is 1.16. The van der Waals surface area contributed by atoms with E-state index in [-0.39, 0.29) is 24.0 Å². The molecule has 0 radical (unpaired) electrons. The zero-order chi connectivity index (χ0) is 6.69. The van der Waals surface area contributed by atoms with E-state index in [9.17, 15) is 0 Å². The highest BCUT2D eigenvalue weighted by Gasteiger charge is 2.10. The molecule has 1 fully saturated rings. The molecule has 0 saturated carbocycles. The highest BCUT2D eigenvalue weighted by molar-refractivity contribution is 14.0. The van der Waals surface area contributed by atoms with Crippen LogP contribution in [0, 0.1) is 0 Å².